The minimum absolute atomic E-state index is 0.297. The van der Waals surface area contributed by atoms with Gasteiger partial charge in [-0.2, -0.15) is 0 Å². The van der Waals surface area contributed by atoms with E-state index >= 15 is 0 Å². The van der Waals surface area contributed by atoms with Gasteiger partial charge in [0.25, 0.3) is 5.91 Å². The molecule has 10 heteroatoms. The van der Waals surface area contributed by atoms with E-state index in [1.165, 1.54) is 12.1 Å². The van der Waals surface area contributed by atoms with Crippen molar-refractivity contribution in [3.63, 3.8) is 0 Å². The fraction of sp³-hybridized carbons (Fsp3) is 0.250. The molecule has 4 N–H and O–H groups in total. The van der Waals surface area contributed by atoms with Crippen LogP contribution in [-0.2, 0) is 4.79 Å². The van der Waals surface area contributed by atoms with E-state index in [0.717, 1.165) is 0 Å². The Bertz CT molecular complexity index is 967. The second-order valence-corrected chi connectivity index (χ2v) is 6.87. The monoisotopic (exact) mass is 419 g/mol. The molecule has 0 radical (unpaired) electrons. The Hall–Kier alpha value is -3.40. The molecule has 0 fully saturated rings. The van der Waals surface area contributed by atoms with Crippen LogP contribution in [0.3, 0.4) is 0 Å². The van der Waals surface area contributed by atoms with Crippen molar-refractivity contribution in [2.45, 2.75) is 25.5 Å². The van der Waals surface area contributed by atoms with Crippen LogP contribution < -0.4 is 26.1 Å². The number of hydrogen-bond acceptors (Lipinski definition) is 6. The molecule has 7 nitrogen and oxygen atoms in total. The lowest BCUT2D eigenvalue weighted by Crippen LogP contribution is -2.51. The molecule has 2 unspecified atom stereocenters. The number of allylic oxidation sites excluding steroid dienone is 2. The van der Waals surface area contributed by atoms with E-state index in [1.54, 1.807) is 48.5 Å². The van der Waals surface area contributed by atoms with Gasteiger partial charge in [-0.3, -0.25) is 9.80 Å². The van der Waals surface area contributed by atoms with Gasteiger partial charge in [0.05, 0.1) is 6.04 Å². The van der Waals surface area contributed by atoms with Gasteiger partial charge in [0, 0.05) is 23.5 Å². The number of carbonyl (C=O) groups excluding carboxylic acids is 1. The number of carbonyl (C=O) groups is 1. The van der Waals surface area contributed by atoms with E-state index in [2.05, 4.69) is 26.1 Å². The summed E-state index contributed by atoms with van der Waals surface area (Å²) in [5.41, 5.74) is 5.10. The van der Waals surface area contributed by atoms with Crippen LogP contribution >= 0.6 is 0 Å². The maximum Gasteiger partial charge on any atom is 0.573 e. The van der Waals surface area contributed by atoms with Crippen LogP contribution in [0.25, 0.3) is 0 Å². The zero-order valence-corrected chi connectivity index (χ0v) is 16.0. The van der Waals surface area contributed by atoms with Gasteiger partial charge < -0.3 is 20.7 Å². The third-order valence-corrected chi connectivity index (χ3v) is 4.78. The maximum atomic E-state index is 12.9. The van der Waals surface area contributed by atoms with Crippen molar-refractivity contribution in [3.8, 4) is 5.75 Å². The number of amides is 1. The number of rotatable bonds is 4. The summed E-state index contributed by atoms with van der Waals surface area (Å²) in [7, 11) is 0. The van der Waals surface area contributed by atoms with E-state index in [-0.39, 0.29) is 17.8 Å². The molecular formula is C20H20F3N5O2. The van der Waals surface area contributed by atoms with E-state index in [9.17, 15) is 18.0 Å². The van der Waals surface area contributed by atoms with Crippen LogP contribution in [0.1, 0.15) is 18.5 Å². The number of hydrazine groups is 1. The van der Waals surface area contributed by atoms with Gasteiger partial charge in [-0.15, -0.1) is 13.2 Å². The van der Waals surface area contributed by atoms with E-state index in [0.29, 0.717) is 29.2 Å². The number of hydrogen-bond donors (Lipinski definition) is 4. The average molecular weight is 419 g/mol. The van der Waals surface area contributed by atoms with Crippen LogP contribution in [0.2, 0.25) is 0 Å². The molecule has 0 saturated carbocycles. The summed E-state index contributed by atoms with van der Waals surface area (Å²) in [6.45, 7) is 2.37. The molecule has 30 heavy (non-hydrogen) atoms. The molecule has 2 atom stereocenters. The third kappa shape index (κ3) is 4.13. The number of nitrogens with one attached hydrogen (secondary N) is 4. The molecule has 3 aliphatic rings. The van der Waals surface area contributed by atoms with Gasteiger partial charge in [0.15, 0.2) is 0 Å². The van der Waals surface area contributed by atoms with Gasteiger partial charge in [0.1, 0.15) is 17.6 Å². The molecule has 3 heterocycles. The summed E-state index contributed by atoms with van der Waals surface area (Å²) in [6, 6.07) is 5.30. The molecule has 0 aliphatic carbocycles. The van der Waals surface area contributed by atoms with Crippen LogP contribution in [0.15, 0.2) is 71.9 Å². The number of ether oxygens (including phenoxy) is 1. The molecule has 3 aliphatic heterocycles. The lowest BCUT2D eigenvalue weighted by Gasteiger charge is -2.35. The summed E-state index contributed by atoms with van der Waals surface area (Å²) in [6.07, 6.45) is 3.71. The van der Waals surface area contributed by atoms with Crippen LogP contribution in [0, 0.1) is 0 Å². The highest BCUT2D eigenvalue weighted by Crippen LogP contribution is 2.34. The molecule has 0 bridgehead atoms. The Morgan fingerprint density at radius 3 is 2.80 bits per heavy atom. The minimum atomic E-state index is -4.80. The van der Waals surface area contributed by atoms with Gasteiger partial charge in [-0.25, -0.2) is 5.43 Å². The Kier molecular flexibility index (Phi) is 5.17. The Morgan fingerprint density at radius 1 is 1.27 bits per heavy atom. The summed E-state index contributed by atoms with van der Waals surface area (Å²) >= 11 is 0. The topological polar surface area (TPSA) is 77.7 Å². The standard InChI is InChI=1S/C20H20F3N5O2/c1-12-18(19(29)26-13-8-10-24-11-9-13)28-17(25-12)7-6-15(27-28)14-4-2-3-5-16(14)30-20(21,22)23/h2-10,15,17,24-25,27H,11H2,1H3,(H,26,29). The predicted molar refractivity (Wildman–Crippen MR) is 103 cm³/mol. The third-order valence-electron chi connectivity index (χ3n) is 4.78. The van der Waals surface area contributed by atoms with Crippen molar-refractivity contribution in [2.24, 2.45) is 0 Å². The molecule has 0 spiro atoms. The first-order valence-corrected chi connectivity index (χ1v) is 9.29. The Labute approximate surface area is 170 Å². The van der Waals surface area contributed by atoms with Gasteiger partial charge in [-0.1, -0.05) is 24.3 Å². The Morgan fingerprint density at radius 2 is 2.07 bits per heavy atom. The van der Waals surface area contributed by atoms with Crippen molar-refractivity contribution >= 4 is 5.91 Å². The quantitative estimate of drug-likeness (QED) is 0.561. The summed E-state index contributed by atoms with van der Waals surface area (Å²) < 4.78 is 42.5. The molecule has 1 aromatic carbocycles. The lowest BCUT2D eigenvalue weighted by atomic mass is 10.0. The zero-order chi connectivity index (χ0) is 21.3. The van der Waals surface area contributed by atoms with Crippen molar-refractivity contribution < 1.29 is 22.7 Å². The number of para-hydroxylation sites is 1. The van der Waals surface area contributed by atoms with Crippen molar-refractivity contribution in [1.29, 1.82) is 0 Å². The van der Waals surface area contributed by atoms with Crippen LogP contribution in [-0.4, -0.2) is 30.0 Å². The molecule has 1 aromatic rings. The average Bonchev–Trinajstić information content (AvgIpc) is 3.03. The second kappa shape index (κ2) is 7.79. The number of nitrogens with zero attached hydrogens (tertiary/aromatic N) is 1. The maximum absolute atomic E-state index is 12.9. The number of dihydropyridines is 1. The molecule has 4 rings (SSSR count). The minimum Gasteiger partial charge on any atom is -0.405 e. The largest absolute Gasteiger partial charge is 0.573 e. The smallest absolute Gasteiger partial charge is 0.405 e. The molecular weight excluding hydrogens is 399 g/mol. The normalized spacial score (nSPS) is 22.8. The van der Waals surface area contributed by atoms with Crippen molar-refractivity contribution in [1.82, 2.24) is 26.4 Å². The van der Waals surface area contributed by atoms with Gasteiger partial charge in [0.2, 0.25) is 0 Å². The van der Waals surface area contributed by atoms with E-state index < -0.39 is 12.4 Å². The van der Waals surface area contributed by atoms with Crippen molar-refractivity contribution in [3.05, 3.63) is 77.4 Å². The lowest BCUT2D eigenvalue weighted by molar-refractivity contribution is -0.275. The highest BCUT2D eigenvalue weighted by molar-refractivity contribution is 5.95. The van der Waals surface area contributed by atoms with E-state index in [4.69, 9.17) is 0 Å². The van der Waals surface area contributed by atoms with Crippen LogP contribution in [0.4, 0.5) is 13.2 Å². The second-order valence-electron chi connectivity index (χ2n) is 6.87. The molecule has 1 amide bonds. The Balaban J connectivity index is 1.56. The summed E-state index contributed by atoms with van der Waals surface area (Å²) in [5.74, 6) is -0.629. The molecule has 158 valence electrons. The first kappa shape index (κ1) is 19.9. The van der Waals surface area contributed by atoms with Crippen LogP contribution in [0.5, 0.6) is 5.75 Å². The number of fused-ring (bicyclic) bond motifs is 1. The first-order chi connectivity index (χ1) is 14.3. The highest BCUT2D eigenvalue weighted by Gasteiger charge is 2.38. The van der Waals surface area contributed by atoms with E-state index in [1.807, 2.05) is 6.08 Å². The van der Waals surface area contributed by atoms with Gasteiger partial charge in [-0.05, 0) is 37.4 Å². The zero-order valence-electron chi connectivity index (χ0n) is 16.0. The first-order valence-electron chi connectivity index (χ1n) is 9.29. The SMILES string of the molecule is CC1=C(C(=O)NC2=CCNC=C2)N2NC(c3ccccc3OC(F)(F)F)C=CC2N1. The number of alkyl halides is 3. The molecule has 0 saturated heterocycles. The highest BCUT2D eigenvalue weighted by atomic mass is 19.4. The fourth-order valence-electron chi connectivity index (χ4n) is 3.51. The summed E-state index contributed by atoms with van der Waals surface area (Å²) in [5, 5.41) is 10.6. The number of benzene rings is 1. The molecule has 0 aromatic heterocycles. The van der Waals surface area contributed by atoms with Gasteiger partial charge >= 0.3 is 6.36 Å². The number of halogens is 3. The predicted octanol–water partition coefficient (Wildman–Crippen LogP) is 2.28. The summed E-state index contributed by atoms with van der Waals surface area (Å²) in [4.78, 5) is 12.9. The van der Waals surface area contributed by atoms with Crippen molar-refractivity contribution in [2.75, 3.05) is 6.54 Å². The fourth-order valence-corrected chi connectivity index (χ4v) is 3.51.